The van der Waals surface area contributed by atoms with Gasteiger partial charge in [0.05, 0.1) is 12.4 Å². The van der Waals surface area contributed by atoms with Crippen LogP contribution in [0.1, 0.15) is 43.4 Å². The summed E-state index contributed by atoms with van der Waals surface area (Å²) in [4.78, 5) is 35.8. The third-order valence-electron chi connectivity index (χ3n) is 5.87. The lowest BCUT2D eigenvalue weighted by Crippen LogP contribution is -2.45. The second-order valence-electron chi connectivity index (χ2n) is 7.94. The van der Waals surface area contributed by atoms with Gasteiger partial charge in [-0.3, -0.25) is 4.90 Å². The van der Waals surface area contributed by atoms with Crippen LogP contribution in [0.25, 0.3) is 0 Å². The molecule has 170 valence electrons. The number of hydrogen-bond donors (Lipinski definition) is 1. The van der Waals surface area contributed by atoms with E-state index in [2.05, 4.69) is 15.3 Å². The van der Waals surface area contributed by atoms with Gasteiger partial charge in [-0.2, -0.15) is 0 Å². The van der Waals surface area contributed by atoms with Crippen molar-refractivity contribution in [3.63, 3.8) is 0 Å². The highest BCUT2D eigenvalue weighted by Gasteiger charge is 2.37. The lowest BCUT2D eigenvalue weighted by molar-refractivity contribution is 0.127. The first-order chi connectivity index (χ1) is 15.5. The number of alkyl carbamates (subject to hydrolysis) is 1. The molecule has 1 aromatic carbocycles. The molecule has 1 aliphatic heterocycles. The van der Waals surface area contributed by atoms with E-state index in [1.807, 2.05) is 30.3 Å². The minimum atomic E-state index is -2.69. The number of rotatable bonds is 6. The number of aromatic nitrogens is 2. The van der Waals surface area contributed by atoms with Gasteiger partial charge in [-0.05, 0) is 31.2 Å². The Morgan fingerprint density at radius 3 is 2.50 bits per heavy atom. The third-order valence-corrected chi connectivity index (χ3v) is 5.87. The largest absolute Gasteiger partial charge is 0.445 e. The smallest absolute Gasteiger partial charge is 0.407 e. The van der Waals surface area contributed by atoms with Crippen LogP contribution in [-0.2, 0) is 11.3 Å². The molecule has 0 spiro atoms. The summed E-state index contributed by atoms with van der Waals surface area (Å²) < 4.78 is 30.6. The summed E-state index contributed by atoms with van der Waals surface area (Å²) in [5.41, 5.74) is 0.516. The molecule has 1 aromatic heterocycles. The van der Waals surface area contributed by atoms with Crippen molar-refractivity contribution in [3.05, 3.63) is 54.0 Å². The third kappa shape index (κ3) is 5.12. The van der Waals surface area contributed by atoms with Crippen LogP contribution in [0, 0.1) is 0 Å². The molecule has 0 radical (unpaired) electrons. The molecule has 2 aromatic rings. The maximum atomic E-state index is 12.8. The molecule has 1 saturated carbocycles. The molecule has 10 heteroatoms. The first kappa shape index (κ1) is 21.9. The van der Waals surface area contributed by atoms with Gasteiger partial charge in [0.2, 0.25) is 0 Å². The van der Waals surface area contributed by atoms with E-state index in [1.165, 1.54) is 11.1 Å². The van der Waals surface area contributed by atoms with Crippen molar-refractivity contribution in [1.29, 1.82) is 0 Å². The number of halogens is 2. The fraction of sp³-hybridized carbons (Fsp3) is 0.455. The molecule has 0 bridgehead atoms. The first-order valence-electron chi connectivity index (χ1n) is 10.7. The van der Waals surface area contributed by atoms with E-state index in [4.69, 9.17) is 4.74 Å². The van der Waals surface area contributed by atoms with Gasteiger partial charge in [0.15, 0.2) is 5.82 Å². The summed E-state index contributed by atoms with van der Waals surface area (Å²) in [5.74, 6) is 0.276. The minimum absolute atomic E-state index is 0.0103. The molecule has 1 aliphatic carbocycles. The second-order valence-corrected chi connectivity index (χ2v) is 7.94. The summed E-state index contributed by atoms with van der Waals surface area (Å²) in [6, 6.07) is 9.37. The Morgan fingerprint density at radius 1 is 1.09 bits per heavy atom. The van der Waals surface area contributed by atoms with E-state index in [0.29, 0.717) is 13.1 Å². The van der Waals surface area contributed by atoms with Gasteiger partial charge in [-0.15, -0.1) is 0 Å². The first-order valence-corrected chi connectivity index (χ1v) is 10.7. The van der Waals surface area contributed by atoms with Gasteiger partial charge in [0.25, 0.3) is 6.43 Å². The Kier molecular flexibility index (Phi) is 6.77. The molecule has 1 N–H and O–H groups in total. The topological polar surface area (TPSA) is 87.7 Å². The van der Waals surface area contributed by atoms with Crippen molar-refractivity contribution >= 4 is 17.9 Å². The van der Waals surface area contributed by atoms with Crippen molar-refractivity contribution < 1.29 is 23.1 Å². The Morgan fingerprint density at radius 2 is 1.84 bits per heavy atom. The highest BCUT2D eigenvalue weighted by Crippen LogP contribution is 2.28. The summed E-state index contributed by atoms with van der Waals surface area (Å²) >= 11 is 0. The molecular formula is C22H25F2N5O3. The number of ether oxygens (including phenoxy) is 1. The van der Waals surface area contributed by atoms with E-state index < -0.39 is 18.2 Å². The summed E-state index contributed by atoms with van der Waals surface area (Å²) in [5, 5.41) is 2.91. The molecule has 0 atom stereocenters. The second kappa shape index (κ2) is 9.88. The van der Waals surface area contributed by atoms with E-state index in [9.17, 15) is 18.4 Å². The molecular weight excluding hydrogens is 420 g/mol. The number of alkyl halides is 2. The number of nitrogens with zero attached hydrogens (tertiary/aromatic N) is 4. The maximum absolute atomic E-state index is 12.8. The maximum Gasteiger partial charge on any atom is 0.407 e. The molecule has 0 unspecified atom stereocenters. The van der Waals surface area contributed by atoms with Crippen LogP contribution >= 0.6 is 0 Å². The molecule has 2 fully saturated rings. The summed E-state index contributed by atoms with van der Waals surface area (Å²) in [7, 11) is 0. The molecule has 2 aliphatic rings. The Labute approximate surface area is 184 Å². The molecule has 32 heavy (non-hydrogen) atoms. The predicted molar refractivity (Wildman–Crippen MR) is 112 cm³/mol. The predicted octanol–water partition coefficient (Wildman–Crippen LogP) is 3.89. The van der Waals surface area contributed by atoms with E-state index in [-0.39, 0.29) is 30.5 Å². The number of carbonyl (C=O) groups excluding carboxylic acids is 2. The highest BCUT2D eigenvalue weighted by atomic mass is 19.3. The van der Waals surface area contributed by atoms with E-state index in [1.54, 1.807) is 4.90 Å². The van der Waals surface area contributed by atoms with Crippen LogP contribution in [-0.4, -0.2) is 52.2 Å². The number of hydrogen-bond acceptors (Lipinski definition) is 5. The van der Waals surface area contributed by atoms with Crippen LogP contribution in [0.5, 0.6) is 0 Å². The van der Waals surface area contributed by atoms with Crippen molar-refractivity contribution in [2.45, 2.75) is 50.8 Å². The fourth-order valence-corrected chi connectivity index (χ4v) is 4.15. The van der Waals surface area contributed by atoms with Crippen LogP contribution in [0.4, 0.5) is 24.2 Å². The average Bonchev–Trinajstić information content (AvgIpc) is 3.20. The normalized spacial score (nSPS) is 21.2. The number of amides is 3. The van der Waals surface area contributed by atoms with Gasteiger partial charge in [0, 0.05) is 25.2 Å². The minimum Gasteiger partial charge on any atom is -0.445 e. The van der Waals surface area contributed by atoms with Gasteiger partial charge >= 0.3 is 12.1 Å². The highest BCUT2D eigenvalue weighted by molar-refractivity contribution is 5.93. The Bertz CT molecular complexity index is 921. The van der Waals surface area contributed by atoms with Crippen LogP contribution in [0.15, 0.2) is 42.7 Å². The summed E-state index contributed by atoms with van der Waals surface area (Å²) in [6.07, 6.45) is 2.11. The van der Waals surface area contributed by atoms with Gasteiger partial charge < -0.3 is 15.0 Å². The zero-order valence-corrected chi connectivity index (χ0v) is 17.5. The lowest BCUT2D eigenvalue weighted by atomic mass is 9.90. The van der Waals surface area contributed by atoms with Crippen molar-refractivity contribution in [2.24, 2.45) is 0 Å². The molecule has 8 nitrogen and oxygen atoms in total. The monoisotopic (exact) mass is 445 g/mol. The number of anilines is 1. The Hall–Kier alpha value is -3.30. The van der Waals surface area contributed by atoms with E-state index in [0.717, 1.165) is 37.4 Å². The number of benzene rings is 1. The molecule has 4 rings (SSSR count). The van der Waals surface area contributed by atoms with Crippen LogP contribution < -0.4 is 10.2 Å². The zero-order valence-electron chi connectivity index (χ0n) is 17.5. The zero-order chi connectivity index (χ0) is 22.5. The Balaban J connectivity index is 1.23. The summed E-state index contributed by atoms with van der Waals surface area (Å²) in [6.45, 7) is 1.20. The molecule has 3 amide bonds. The fourth-order valence-electron chi connectivity index (χ4n) is 4.15. The SMILES string of the molecule is O=C(NC1CCC(N2CCN(c3cnc(C(F)F)cn3)C2=O)CC1)OCc1ccccc1. The van der Waals surface area contributed by atoms with Gasteiger partial charge in [-0.25, -0.2) is 28.3 Å². The van der Waals surface area contributed by atoms with E-state index >= 15 is 0 Å². The van der Waals surface area contributed by atoms with Gasteiger partial charge in [0.1, 0.15) is 12.3 Å². The average molecular weight is 445 g/mol. The van der Waals surface area contributed by atoms with Crippen molar-refractivity contribution in [2.75, 3.05) is 18.0 Å². The lowest BCUT2D eigenvalue weighted by Gasteiger charge is -2.34. The number of nitrogens with one attached hydrogen (secondary N) is 1. The number of carbonyl (C=O) groups is 2. The molecule has 2 heterocycles. The van der Waals surface area contributed by atoms with Crippen molar-refractivity contribution in [1.82, 2.24) is 20.2 Å². The number of urea groups is 1. The van der Waals surface area contributed by atoms with Crippen molar-refractivity contribution in [3.8, 4) is 0 Å². The quantitative estimate of drug-likeness (QED) is 0.729. The van der Waals surface area contributed by atoms with Gasteiger partial charge in [-0.1, -0.05) is 30.3 Å². The standard InChI is InChI=1S/C22H25F2N5O3/c23-20(24)18-12-26-19(13-25-18)29-11-10-28(22(29)31)17-8-6-16(7-9-17)27-21(30)32-14-15-4-2-1-3-5-15/h1-5,12-13,16-17,20H,6-11,14H2,(H,27,30). The van der Waals surface area contributed by atoms with Crippen LogP contribution in [0.3, 0.4) is 0 Å². The molecule has 1 saturated heterocycles. The van der Waals surface area contributed by atoms with Crippen LogP contribution in [0.2, 0.25) is 0 Å².